The molecule has 1 nitrogen and oxygen atoms in total. The summed E-state index contributed by atoms with van der Waals surface area (Å²) < 4.78 is 13.5. The van der Waals surface area contributed by atoms with E-state index in [-0.39, 0.29) is 5.82 Å². The first-order valence-electron chi connectivity index (χ1n) is 7.19. The lowest BCUT2D eigenvalue weighted by Crippen LogP contribution is -2.06. The summed E-state index contributed by atoms with van der Waals surface area (Å²) in [5.41, 5.74) is 4.49. The van der Waals surface area contributed by atoms with Crippen molar-refractivity contribution in [3.05, 3.63) is 59.4 Å². The van der Waals surface area contributed by atoms with Crippen LogP contribution < -0.4 is 5.32 Å². The van der Waals surface area contributed by atoms with Crippen LogP contribution in [-0.4, -0.2) is 7.05 Å². The summed E-state index contributed by atoms with van der Waals surface area (Å²) in [4.78, 5) is 0. The van der Waals surface area contributed by atoms with Gasteiger partial charge in [-0.15, -0.1) is 0 Å². The summed E-state index contributed by atoms with van der Waals surface area (Å²) in [6.07, 6.45) is 1.13. The zero-order valence-corrected chi connectivity index (χ0v) is 12.4. The zero-order valence-electron chi connectivity index (χ0n) is 12.4. The Kier molecular flexibility index (Phi) is 4.91. The highest BCUT2D eigenvalue weighted by molar-refractivity contribution is 5.67. The number of halogens is 1. The van der Waals surface area contributed by atoms with Crippen molar-refractivity contribution in [1.29, 1.82) is 0 Å². The van der Waals surface area contributed by atoms with Crippen molar-refractivity contribution in [1.82, 2.24) is 5.32 Å². The van der Waals surface area contributed by atoms with E-state index in [0.29, 0.717) is 5.92 Å². The van der Waals surface area contributed by atoms with E-state index in [9.17, 15) is 4.39 Å². The lowest BCUT2D eigenvalue weighted by atomic mass is 9.94. The van der Waals surface area contributed by atoms with E-state index >= 15 is 0 Å². The fraction of sp³-hybridized carbons (Fsp3) is 0.333. The highest BCUT2D eigenvalue weighted by Crippen LogP contribution is 2.27. The molecule has 0 spiro atoms. The molecule has 20 heavy (non-hydrogen) atoms. The monoisotopic (exact) mass is 271 g/mol. The standard InChI is InChI=1S/C18H22FN/c1-4-13(2)14-5-7-15(8-6-14)18-11-17(19)10-9-16(18)12-20-3/h5-11,13,20H,4,12H2,1-3H3. The molecule has 0 saturated carbocycles. The quantitative estimate of drug-likeness (QED) is 0.829. The topological polar surface area (TPSA) is 12.0 Å². The van der Waals surface area contributed by atoms with Gasteiger partial charge in [0.2, 0.25) is 0 Å². The molecule has 2 aromatic rings. The second kappa shape index (κ2) is 6.67. The molecule has 1 unspecified atom stereocenters. The molecular formula is C18H22FN. The SMILES string of the molecule is CCC(C)c1ccc(-c2cc(F)ccc2CNC)cc1. The third kappa shape index (κ3) is 3.26. The third-order valence-corrected chi connectivity index (χ3v) is 3.84. The maximum absolute atomic E-state index is 13.5. The Hall–Kier alpha value is -1.67. The molecule has 0 aromatic heterocycles. The van der Waals surface area contributed by atoms with Gasteiger partial charge >= 0.3 is 0 Å². The summed E-state index contributed by atoms with van der Waals surface area (Å²) in [6, 6.07) is 13.5. The first kappa shape index (κ1) is 14.7. The molecule has 2 rings (SSSR count). The van der Waals surface area contributed by atoms with Crippen molar-refractivity contribution >= 4 is 0 Å². The van der Waals surface area contributed by atoms with Crippen molar-refractivity contribution in [2.24, 2.45) is 0 Å². The van der Waals surface area contributed by atoms with Crippen LogP contribution in [0.3, 0.4) is 0 Å². The van der Waals surface area contributed by atoms with Crippen molar-refractivity contribution in [3.63, 3.8) is 0 Å². The van der Waals surface area contributed by atoms with Gasteiger partial charge in [0.25, 0.3) is 0 Å². The molecule has 0 aliphatic carbocycles. The van der Waals surface area contributed by atoms with E-state index in [0.717, 1.165) is 29.7 Å². The molecule has 0 bridgehead atoms. The van der Waals surface area contributed by atoms with Crippen molar-refractivity contribution in [2.75, 3.05) is 7.05 Å². The Morgan fingerprint density at radius 1 is 1.10 bits per heavy atom. The molecule has 0 radical (unpaired) electrons. The zero-order chi connectivity index (χ0) is 14.5. The van der Waals surface area contributed by atoms with Crippen LogP contribution in [0.2, 0.25) is 0 Å². The summed E-state index contributed by atoms with van der Waals surface area (Å²) >= 11 is 0. The second-order valence-corrected chi connectivity index (χ2v) is 5.26. The van der Waals surface area contributed by atoms with Gasteiger partial charge in [0.15, 0.2) is 0 Å². The molecule has 0 amide bonds. The molecule has 1 atom stereocenters. The predicted molar refractivity (Wildman–Crippen MR) is 83.3 cm³/mol. The van der Waals surface area contributed by atoms with Gasteiger partial charge in [0.1, 0.15) is 5.82 Å². The number of nitrogens with one attached hydrogen (secondary N) is 1. The average Bonchev–Trinajstić information content (AvgIpc) is 2.48. The number of hydrogen-bond donors (Lipinski definition) is 1. The average molecular weight is 271 g/mol. The van der Waals surface area contributed by atoms with E-state index in [1.807, 2.05) is 13.1 Å². The second-order valence-electron chi connectivity index (χ2n) is 5.26. The summed E-state index contributed by atoms with van der Waals surface area (Å²) in [6.45, 7) is 5.16. The minimum absolute atomic E-state index is 0.189. The molecule has 0 aliphatic heterocycles. The maximum Gasteiger partial charge on any atom is 0.123 e. The molecule has 0 aliphatic rings. The molecule has 1 N–H and O–H groups in total. The highest BCUT2D eigenvalue weighted by Gasteiger charge is 2.08. The highest BCUT2D eigenvalue weighted by atomic mass is 19.1. The maximum atomic E-state index is 13.5. The Morgan fingerprint density at radius 2 is 1.80 bits per heavy atom. The lowest BCUT2D eigenvalue weighted by molar-refractivity contribution is 0.627. The molecule has 0 heterocycles. The minimum Gasteiger partial charge on any atom is -0.316 e. The van der Waals surface area contributed by atoms with Gasteiger partial charge in [-0.1, -0.05) is 44.2 Å². The fourth-order valence-electron chi connectivity index (χ4n) is 2.39. The van der Waals surface area contributed by atoms with E-state index in [4.69, 9.17) is 0 Å². The van der Waals surface area contributed by atoms with Gasteiger partial charge in [-0.2, -0.15) is 0 Å². The van der Waals surface area contributed by atoms with Crippen LogP contribution in [0.5, 0.6) is 0 Å². The lowest BCUT2D eigenvalue weighted by Gasteiger charge is -2.12. The normalized spacial score (nSPS) is 12.4. The summed E-state index contributed by atoms with van der Waals surface area (Å²) in [5, 5.41) is 3.13. The van der Waals surface area contributed by atoms with Crippen LogP contribution >= 0.6 is 0 Å². The molecule has 2 heteroatoms. The van der Waals surface area contributed by atoms with Crippen LogP contribution in [0.1, 0.15) is 37.3 Å². The van der Waals surface area contributed by atoms with Crippen LogP contribution in [0.25, 0.3) is 11.1 Å². The van der Waals surface area contributed by atoms with E-state index in [1.54, 1.807) is 6.07 Å². The summed E-state index contributed by atoms with van der Waals surface area (Å²) in [7, 11) is 1.90. The van der Waals surface area contributed by atoms with Crippen molar-refractivity contribution in [2.45, 2.75) is 32.7 Å². The fourth-order valence-corrected chi connectivity index (χ4v) is 2.39. The molecule has 106 valence electrons. The molecule has 0 fully saturated rings. The van der Waals surface area contributed by atoms with Gasteiger partial charge in [-0.3, -0.25) is 0 Å². The minimum atomic E-state index is -0.189. The third-order valence-electron chi connectivity index (χ3n) is 3.84. The van der Waals surface area contributed by atoms with Crippen molar-refractivity contribution < 1.29 is 4.39 Å². The largest absolute Gasteiger partial charge is 0.316 e. The van der Waals surface area contributed by atoms with Gasteiger partial charge < -0.3 is 5.32 Å². The Morgan fingerprint density at radius 3 is 2.40 bits per heavy atom. The summed E-state index contributed by atoms with van der Waals surface area (Å²) in [5.74, 6) is 0.374. The van der Waals surface area contributed by atoms with Crippen molar-refractivity contribution in [3.8, 4) is 11.1 Å². The van der Waals surface area contributed by atoms with E-state index in [2.05, 4.69) is 43.4 Å². The number of benzene rings is 2. The smallest absolute Gasteiger partial charge is 0.123 e. The molecular weight excluding hydrogens is 249 g/mol. The van der Waals surface area contributed by atoms with Crippen LogP contribution in [0.4, 0.5) is 4.39 Å². The van der Waals surface area contributed by atoms with Gasteiger partial charge in [-0.05, 0) is 53.8 Å². The van der Waals surface area contributed by atoms with Crippen LogP contribution in [0, 0.1) is 5.82 Å². The van der Waals surface area contributed by atoms with Gasteiger partial charge in [-0.25, -0.2) is 4.39 Å². The van der Waals surface area contributed by atoms with E-state index in [1.165, 1.54) is 11.6 Å². The first-order valence-corrected chi connectivity index (χ1v) is 7.19. The van der Waals surface area contributed by atoms with E-state index < -0.39 is 0 Å². The van der Waals surface area contributed by atoms with Gasteiger partial charge in [0, 0.05) is 6.54 Å². The number of hydrogen-bond acceptors (Lipinski definition) is 1. The number of rotatable bonds is 5. The predicted octanol–water partition coefficient (Wildman–Crippen LogP) is 4.73. The molecule has 2 aromatic carbocycles. The Labute approximate surface area is 120 Å². The van der Waals surface area contributed by atoms with Gasteiger partial charge in [0.05, 0.1) is 0 Å². The van der Waals surface area contributed by atoms with Crippen LogP contribution in [0.15, 0.2) is 42.5 Å². The Balaban J connectivity index is 2.38. The first-order chi connectivity index (χ1) is 9.65. The van der Waals surface area contributed by atoms with Crippen LogP contribution in [-0.2, 0) is 6.54 Å². The Bertz CT molecular complexity index is 560. The molecule has 0 saturated heterocycles.